The second-order valence-electron chi connectivity index (χ2n) is 5.34. The zero-order valence-electron chi connectivity index (χ0n) is 11.4. The normalized spacial score (nSPS) is 17.0. The largest absolute Gasteiger partial charge is 0.481 e. The average molecular weight is 312 g/mol. The topological polar surface area (TPSA) is 89.9 Å². The summed E-state index contributed by atoms with van der Waals surface area (Å²) in [6.45, 7) is -2.44. The fourth-order valence-corrected chi connectivity index (χ4v) is 2.38. The highest BCUT2D eigenvalue weighted by Gasteiger charge is 2.40. The molecule has 0 spiro atoms. The average Bonchev–Trinajstić information content (AvgIpc) is 2.29. The van der Waals surface area contributed by atoms with Gasteiger partial charge in [0, 0.05) is 13.1 Å². The molecule has 1 aliphatic rings. The van der Waals surface area contributed by atoms with E-state index in [1.54, 1.807) is 0 Å². The van der Waals surface area contributed by atoms with Gasteiger partial charge < -0.3 is 20.4 Å². The molecule has 1 rings (SSSR count). The number of hydrogen-bond acceptors (Lipinski definition) is 3. The van der Waals surface area contributed by atoms with Crippen LogP contribution in [0.3, 0.4) is 0 Å². The molecule has 0 bridgehead atoms. The standard InChI is InChI=1S/C12H19F3N2O4/c13-12(14,15)8-17(4-5-18)10(21)16-7-11(2-1-3-11)6-9(19)20/h18H,1-8H2,(H,16,21)(H,19,20). The van der Waals surface area contributed by atoms with Gasteiger partial charge in [-0.1, -0.05) is 6.42 Å². The molecule has 0 aromatic carbocycles. The Morgan fingerprint density at radius 1 is 1.29 bits per heavy atom. The zero-order valence-corrected chi connectivity index (χ0v) is 11.4. The molecule has 0 heterocycles. The number of rotatable bonds is 7. The minimum absolute atomic E-state index is 0.0257. The van der Waals surface area contributed by atoms with Crippen LogP contribution in [0.2, 0.25) is 0 Å². The van der Waals surface area contributed by atoms with E-state index in [4.69, 9.17) is 10.2 Å². The molecule has 0 atom stereocenters. The smallest absolute Gasteiger partial charge is 0.406 e. The van der Waals surface area contributed by atoms with E-state index in [2.05, 4.69) is 5.32 Å². The molecule has 0 aromatic rings. The number of nitrogens with zero attached hydrogens (tertiary/aromatic N) is 1. The Hall–Kier alpha value is -1.51. The van der Waals surface area contributed by atoms with Gasteiger partial charge in [-0.15, -0.1) is 0 Å². The molecule has 1 saturated carbocycles. The van der Waals surface area contributed by atoms with Crippen LogP contribution in [0.5, 0.6) is 0 Å². The highest BCUT2D eigenvalue weighted by Crippen LogP contribution is 2.43. The summed E-state index contributed by atoms with van der Waals surface area (Å²) in [6.07, 6.45) is -2.59. The maximum Gasteiger partial charge on any atom is 0.406 e. The van der Waals surface area contributed by atoms with Crippen molar-refractivity contribution in [3.8, 4) is 0 Å². The van der Waals surface area contributed by atoms with Gasteiger partial charge >= 0.3 is 18.2 Å². The number of halogens is 3. The SMILES string of the molecule is O=C(O)CC1(CNC(=O)N(CCO)CC(F)(F)F)CCC1. The first-order valence-electron chi connectivity index (χ1n) is 6.60. The van der Waals surface area contributed by atoms with Crippen LogP contribution in [0.4, 0.5) is 18.0 Å². The highest BCUT2D eigenvalue weighted by atomic mass is 19.4. The van der Waals surface area contributed by atoms with Crippen molar-refractivity contribution in [1.82, 2.24) is 10.2 Å². The molecule has 9 heteroatoms. The van der Waals surface area contributed by atoms with E-state index in [1.807, 2.05) is 0 Å². The lowest BCUT2D eigenvalue weighted by Crippen LogP contribution is -2.50. The van der Waals surface area contributed by atoms with Crippen molar-refractivity contribution >= 4 is 12.0 Å². The van der Waals surface area contributed by atoms with Crippen LogP contribution in [-0.2, 0) is 4.79 Å². The fraction of sp³-hybridized carbons (Fsp3) is 0.833. The lowest BCUT2D eigenvalue weighted by molar-refractivity contribution is -0.141. The van der Waals surface area contributed by atoms with Gasteiger partial charge in [-0.2, -0.15) is 13.2 Å². The van der Waals surface area contributed by atoms with Gasteiger partial charge in [0.05, 0.1) is 13.0 Å². The Kier molecular flexibility index (Phi) is 5.82. The minimum atomic E-state index is -4.55. The number of alkyl halides is 3. The minimum Gasteiger partial charge on any atom is -0.481 e. The number of carbonyl (C=O) groups is 2. The van der Waals surface area contributed by atoms with Gasteiger partial charge in [0.1, 0.15) is 6.54 Å². The molecule has 0 radical (unpaired) electrons. The van der Waals surface area contributed by atoms with Crippen molar-refractivity contribution in [2.45, 2.75) is 31.9 Å². The van der Waals surface area contributed by atoms with Crippen LogP contribution in [0.25, 0.3) is 0 Å². The molecule has 0 unspecified atom stereocenters. The fourth-order valence-electron chi connectivity index (χ4n) is 2.38. The van der Waals surface area contributed by atoms with Crippen molar-refractivity contribution in [3.63, 3.8) is 0 Å². The summed E-state index contributed by atoms with van der Waals surface area (Å²) in [5.74, 6) is -0.994. The summed E-state index contributed by atoms with van der Waals surface area (Å²) < 4.78 is 37.0. The molecule has 0 aromatic heterocycles. The quantitative estimate of drug-likeness (QED) is 0.659. The molecule has 21 heavy (non-hydrogen) atoms. The van der Waals surface area contributed by atoms with Crippen LogP contribution < -0.4 is 5.32 Å². The predicted octanol–water partition coefficient (Wildman–Crippen LogP) is 1.20. The van der Waals surface area contributed by atoms with E-state index in [-0.39, 0.29) is 13.0 Å². The summed E-state index contributed by atoms with van der Waals surface area (Å²) in [6, 6.07) is -0.946. The van der Waals surface area contributed by atoms with E-state index in [1.165, 1.54) is 0 Å². The lowest BCUT2D eigenvalue weighted by Gasteiger charge is -2.41. The van der Waals surface area contributed by atoms with E-state index in [0.29, 0.717) is 17.7 Å². The third-order valence-corrected chi connectivity index (χ3v) is 3.58. The number of aliphatic carboxylic acids is 1. The lowest BCUT2D eigenvalue weighted by atomic mass is 9.66. The number of carboxylic acid groups (broad SMARTS) is 1. The second kappa shape index (κ2) is 6.97. The molecule has 122 valence electrons. The van der Waals surface area contributed by atoms with Gasteiger partial charge in [-0.05, 0) is 18.3 Å². The van der Waals surface area contributed by atoms with Gasteiger partial charge in [0.2, 0.25) is 0 Å². The van der Waals surface area contributed by atoms with E-state index < -0.39 is 43.3 Å². The number of urea groups is 1. The molecule has 2 amide bonds. The number of aliphatic hydroxyl groups excluding tert-OH is 1. The molecule has 3 N–H and O–H groups in total. The Labute approximate surface area is 119 Å². The van der Waals surface area contributed by atoms with Crippen LogP contribution in [0.15, 0.2) is 0 Å². The van der Waals surface area contributed by atoms with Crippen molar-refractivity contribution in [2.24, 2.45) is 5.41 Å². The molecule has 6 nitrogen and oxygen atoms in total. The van der Waals surface area contributed by atoms with Crippen molar-refractivity contribution in [3.05, 3.63) is 0 Å². The van der Waals surface area contributed by atoms with Crippen molar-refractivity contribution < 1.29 is 33.0 Å². The van der Waals surface area contributed by atoms with Crippen LogP contribution in [0.1, 0.15) is 25.7 Å². The summed E-state index contributed by atoms with van der Waals surface area (Å²) in [5.41, 5.74) is -0.565. The van der Waals surface area contributed by atoms with Crippen LogP contribution >= 0.6 is 0 Å². The number of amides is 2. The molecule has 0 saturated heterocycles. The van der Waals surface area contributed by atoms with E-state index >= 15 is 0 Å². The number of aliphatic hydroxyl groups is 1. The zero-order chi connectivity index (χ0) is 16.1. The number of hydrogen-bond donors (Lipinski definition) is 3. The maximum absolute atomic E-state index is 12.3. The van der Waals surface area contributed by atoms with Crippen LogP contribution in [0, 0.1) is 5.41 Å². The molecular formula is C12H19F3N2O4. The number of nitrogens with one attached hydrogen (secondary N) is 1. The highest BCUT2D eigenvalue weighted by molar-refractivity contribution is 5.74. The van der Waals surface area contributed by atoms with Gasteiger partial charge in [0.25, 0.3) is 0 Å². The summed E-state index contributed by atoms with van der Waals surface area (Å²) in [5, 5.41) is 19.9. The Bertz CT molecular complexity index is 383. The maximum atomic E-state index is 12.3. The first-order valence-corrected chi connectivity index (χ1v) is 6.60. The molecule has 1 aliphatic carbocycles. The summed E-state index contributed by atoms with van der Waals surface area (Å²) in [7, 11) is 0. The Morgan fingerprint density at radius 3 is 2.29 bits per heavy atom. The van der Waals surface area contributed by atoms with Crippen LogP contribution in [-0.4, -0.2) is 59.5 Å². The van der Waals surface area contributed by atoms with Gasteiger partial charge in [-0.25, -0.2) is 4.79 Å². The second-order valence-corrected chi connectivity index (χ2v) is 5.34. The van der Waals surface area contributed by atoms with Crippen molar-refractivity contribution in [1.29, 1.82) is 0 Å². The van der Waals surface area contributed by atoms with Gasteiger partial charge in [-0.3, -0.25) is 4.79 Å². The Morgan fingerprint density at radius 2 is 1.90 bits per heavy atom. The molecular weight excluding hydrogens is 293 g/mol. The molecule has 1 fully saturated rings. The number of carboxylic acids is 1. The Balaban J connectivity index is 2.54. The van der Waals surface area contributed by atoms with Crippen molar-refractivity contribution in [2.75, 3.05) is 26.2 Å². The third kappa shape index (κ3) is 5.78. The third-order valence-electron chi connectivity index (χ3n) is 3.58. The predicted molar refractivity (Wildman–Crippen MR) is 66.6 cm³/mol. The van der Waals surface area contributed by atoms with E-state index in [0.717, 1.165) is 6.42 Å². The number of carbonyl (C=O) groups excluding carboxylic acids is 1. The van der Waals surface area contributed by atoms with Gasteiger partial charge in [0.15, 0.2) is 0 Å². The first kappa shape index (κ1) is 17.5. The first-order chi connectivity index (χ1) is 9.67. The molecule has 0 aliphatic heterocycles. The summed E-state index contributed by atoms with van der Waals surface area (Å²) >= 11 is 0. The summed E-state index contributed by atoms with van der Waals surface area (Å²) in [4.78, 5) is 23.0. The van der Waals surface area contributed by atoms with E-state index in [9.17, 15) is 22.8 Å². The monoisotopic (exact) mass is 312 g/mol.